The first-order valence-corrected chi connectivity index (χ1v) is 16.9. The number of hydrogen-bond donors (Lipinski definition) is 2. The van der Waals surface area contributed by atoms with Crippen molar-refractivity contribution in [3.63, 3.8) is 0 Å². The van der Waals surface area contributed by atoms with Gasteiger partial charge < -0.3 is 19.5 Å². The van der Waals surface area contributed by atoms with Crippen LogP contribution in [0.5, 0.6) is 17.2 Å². The molecule has 240 valence electrons. The minimum atomic E-state index is -3.46. The van der Waals surface area contributed by atoms with Gasteiger partial charge in [0.05, 0.1) is 31.7 Å². The number of hydrogen-bond acceptors (Lipinski definition) is 7. The Hall–Kier alpha value is -5.37. The first-order chi connectivity index (χ1) is 22.7. The standard InChI is InChI=1S/C37H36N4O5S/c1-27-36(40-47(3,43)44)7-4-8-37(27)41(24-29-9-13-32(38-2)14-10-29)25-30-11-15-33(16-12-30)46-35-21-31(26-42)20-34(22-35)45-19-17-28-6-5-18-39-23-28/h4-16,18,20-23,40,42H,17,19,24-26H2,1,3H3. The Morgan fingerprint density at radius 1 is 0.851 bits per heavy atom. The smallest absolute Gasteiger partial charge is 0.229 e. The Bertz CT molecular complexity index is 1940. The predicted molar refractivity (Wildman–Crippen MR) is 185 cm³/mol. The molecule has 47 heavy (non-hydrogen) atoms. The molecule has 1 aromatic heterocycles. The number of aromatic nitrogens is 1. The number of ether oxygens (including phenoxy) is 2. The Balaban J connectivity index is 1.33. The predicted octanol–water partition coefficient (Wildman–Crippen LogP) is 7.43. The van der Waals surface area contributed by atoms with Crippen molar-refractivity contribution in [2.45, 2.75) is 33.0 Å². The second-order valence-electron chi connectivity index (χ2n) is 11.1. The van der Waals surface area contributed by atoms with Gasteiger partial charge in [-0.2, -0.15) is 0 Å². The molecule has 0 spiro atoms. The molecular weight excluding hydrogens is 612 g/mol. The van der Waals surface area contributed by atoms with Crippen molar-refractivity contribution in [2.24, 2.45) is 0 Å². The second-order valence-corrected chi connectivity index (χ2v) is 12.9. The van der Waals surface area contributed by atoms with Gasteiger partial charge in [-0.05, 0) is 77.2 Å². The highest BCUT2D eigenvalue weighted by Gasteiger charge is 2.16. The van der Waals surface area contributed by atoms with Crippen LogP contribution in [0, 0.1) is 13.5 Å². The summed E-state index contributed by atoms with van der Waals surface area (Å²) >= 11 is 0. The molecule has 0 atom stereocenters. The maximum absolute atomic E-state index is 12.0. The summed E-state index contributed by atoms with van der Waals surface area (Å²) < 4.78 is 38.8. The molecule has 5 rings (SSSR count). The van der Waals surface area contributed by atoms with Crippen LogP contribution in [-0.2, 0) is 36.1 Å². The van der Waals surface area contributed by atoms with Crippen molar-refractivity contribution in [3.8, 4) is 17.2 Å². The molecule has 0 aliphatic heterocycles. The van der Waals surface area contributed by atoms with E-state index in [0.29, 0.717) is 60.3 Å². The van der Waals surface area contributed by atoms with Crippen LogP contribution < -0.4 is 19.1 Å². The van der Waals surface area contributed by atoms with Gasteiger partial charge in [-0.1, -0.05) is 48.5 Å². The minimum Gasteiger partial charge on any atom is -0.493 e. The van der Waals surface area contributed by atoms with Gasteiger partial charge in [-0.15, -0.1) is 0 Å². The molecule has 9 nitrogen and oxygen atoms in total. The monoisotopic (exact) mass is 648 g/mol. The van der Waals surface area contributed by atoms with Crippen LogP contribution in [-0.4, -0.2) is 31.4 Å². The fraction of sp³-hybridized carbons (Fsp3) is 0.189. The molecule has 0 amide bonds. The number of benzene rings is 4. The highest BCUT2D eigenvalue weighted by Crippen LogP contribution is 2.32. The largest absolute Gasteiger partial charge is 0.493 e. The lowest BCUT2D eigenvalue weighted by molar-refractivity contribution is 0.278. The molecule has 4 aromatic carbocycles. The van der Waals surface area contributed by atoms with Gasteiger partial charge >= 0.3 is 0 Å². The molecule has 0 saturated carbocycles. The van der Waals surface area contributed by atoms with Crippen molar-refractivity contribution >= 4 is 27.1 Å². The van der Waals surface area contributed by atoms with Crippen molar-refractivity contribution < 1.29 is 23.0 Å². The van der Waals surface area contributed by atoms with E-state index in [1.807, 2.05) is 73.8 Å². The Kier molecular flexibility index (Phi) is 10.7. The molecule has 0 bridgehead atoms. The maximum atomic E-state index is 12.0. The minimum absolute atomic E-state index is 0.147. The summed E-state index contributed by atoms with van der Waals surface area (Å²) in [6, 6.07) is 30.0. The summed E-state index contributed by atoms with van der Waals surface area (Å²) in [7, 11) is -3.46. The van der Waals surface area contributed by atoms with Gasteiger partial charge in [-0.3, -0.25) is 9.71 Å². The summed E-state index contributed by atoms with van der Waals surface area (Å²) in [6.07, 6.45) is 5.39. The molecule has 1 heterocycles. The fourth-order valence-corrected chi connectivity index (χ4v) is 5.74. The van der Waals surface area contributed by atoms with Crippen LogP contribution in [0.1, 0.15) is 27.8 Å². The topological polar surface area (TPSA) is 105 Å². The van der Waals surface area contributed by atoms with Gasteiger partial charge in [-0.25, -0.2) is 13.3 Å². The number of nitrogens with one attached hydrogen (secondary N) is 1. The third kappa shape index (κ3) is 9.56. The molecule has 0 saturated heterocycles. The van der Waals surface area contributed by atoms with Gasteiger partial charge in [0.25, 0.3) is 0 Å². The van der Waals surface area contributed by atoms with E-state index in [0.717, 1.165) is 34.2 Å². The normalized spacial score (nSPS) is 11.0. The maximum Gasteiger partial charge on any atom is 0.229 e. The summed E-state index contributed by atoms with van der Waals surface area (Å²) in [5, 5.41) is 9.82. The van der Waals surface area contributed by atoms with Crippen molar-refractivity contribution in [1.82, 2.24) is 4.98 Å². The van der Waals surface area contributed by atoms with Crippen LogP contribution in [0.15, 0.2) is 109 Å². The van der Waals surface area contributed by atoms with Gasteiger partial charge in [0.1, 0.15) is 17.2 Å². The average Bonchev–Trinajstić information content (AvgIpc) is 3.06. The molecule has 10 heteroatoms. The number of aliphatic hydroxyl groups excluding tert-OH is 1. The lowest BCUT2D eigenvalue weighted by Gasteiger charge is -2.28. The SMILES string of the molecule is [C-]#[N+]c1ccc(CN(Cc2ccc(Oc3cc(CO)cc(OCCc4cccnc4)c3)cc2)c2cccc(NS(C)(=O)=O)c2C)cc1. The Morgan fingerprint density at radius 2 is 1.55 bits per heavy atom. The highest BCUT2D eigenvalue weighted by molar-refractivity contribution is 7.92. The van der Waals surface area contributed by atoms with E-state index in [1.165, 1.54) is 0 Å². The van der Waals surface area contributed by atoms with Gasteiger partial charge in [0.15, 0.2) is 5.69 Å². The molecular formula is C37H36N4O5S. The highest BCUT2D eigenvalue weighted by atomic mass is 32.2. The Labute approximate surface area is 275 Å². The van der Waals surface area contributed by atoms with E-state index in [9.17, 15) is 13.5 Å². The average molecular weight is 649 g/mol. The zero-order valence-electron chi connectivity index (χ0n) is 26.3. The number of anilines is 2. The first kappa shape index (κ1) is 33.0. The molecule has 5 aromatic rings. The second kappa shape index (κ2) is 15.3. The summed E-state index contributed by atoms with van der Waals surface area (Å²) in [5.41, 5.74) is 6.56. The summed E-state index contributed by atoms with van der Waals surface area (Å²) in [4.78, 5) is 9.80. The first-order valence-electron chi connectivity index (χ1n) is 15.0. The lowest BCUT2D eigenvalue weighted by atomic mass is 10.1. The van der Waals surface area contributed by atoms with Crippen LogP contribution in [0.3, 0.4) is 0 Å². The van der Waals surface area contributed by atoms with E-state index in [4.69, 9.17) is 16.0 Å². The van der Waals surface area contributed by atoms with Crippen molar-refractivity contribution in [2.75, 3.05) is 22.5 Å². The number of sulfonamides is 1. The molecule has 0 unspecified atom stereocenters. The summed E-state index contributed by atoms with van der Waals surface area (Å²) in [5.74, 6) is 1.79. The molecule has 0 aliphatic carbocycles. The fourth-order valence-electron chi connectivity index (χ4n) is 5.12. The molecule has 0 aliphatic rings. The molecule has 0 radical (unpaired) electrons. The van der Waals surface area contributed by atoms with Crippen LogP contribution in [0.25, 0.3) is 4.85 Å². The zero-order chi connectivity index (χ0) is 33.2. The third-order valence-electron chi connectivity index (χ3n) is 7.42. The van der Waals surface area contributed by atoms with E-state index >= 15 is 0 Å². The molecule has 2 N–H and O–H groups in total. The van der Waals surface area contributed by atoms with Crippen molar-refractivity contribution in [3.05, 3.63) is 149 Å². The number of nitrogens with zero attached hydrogens (tertiary/aromatic N) is 3. The van der Waals surface area contributed by atoms with Crippen LogP contribution in [0.4, 0.5) is 17.1 Å². The van der Waals surface area contributed by atoms with Crippen LogP contribution in [0.2, 0.25) is 0 Å². The Morgan fingerprint density at radius 3 is 2.19 bits per heavy atom. The molecule has 0 fully saturated rings. The zero-order valence-corrected chi connectivity index (χ0v) is 27.1. The van der Waals surface area contributed by atoms with E-state index in [-0.39, 0.29) is 6.61 Å². The lowest BCUT2D eigenvalue weighted by Crippen LogP contribution is -2.23. The number of rotatable bonds is 14. The summed E-state index contributed by atoms with van der Waals surface area (Å²) in [6.45, 7) is 10.5. The van der Waals surface area contributed by atoms with E-state index in [1.54, 1.807) is 42.6 Å². The quantitative estimate of drug-likeness (QED) is 0.121. The van der Waals surface area contributed by atoms with E-state index in [2.05, 4.69) is 19.5 Å². The van der Waals surface area contributed by atoms with Gasteiger partial charge in [0, 0.05) is 43.7 Å². The number of pyridine rings is 1. The third-order valence-corrected chi connectivity index (χ3v) is 8.01. The van der Waals surface area contributed by atoms with Crippen molar-refractivity contribution in [1.29, 1.82) is 0 Å². The van der Waals surface area contributed by atoms with E-state index < -0.39 is 10.0 Å². The van der Waals surface area contributed by atoms with Crippen LogP contribution >= 0.6 is 0 Å². The number of aliphatic hydroxyl groups is 1. The van der Waals surface area contributed by atoms with Gasteiger partial charge in [0.2, 0.25) is 10.0 Å².